The lowest BCUT2D eigenvalue weighted by atomic mass is 9.82. The van der Waals surface area contributed by atoms with Gasteiger partial charge in [-0.1, -0.05) is 23.2 Å². The van der Waals surface area contributed by atoms with Crippen molar-refractivity contribution < 1.29 is 9.31 Å². The third kappa shape index (κ3) is 7.16. The van der Waals surface area contributed by atoms with E-state index >= 15 is 0 Å². The van der Waals surface area contributed by atoms with Crippen molar-refractivity contribution in [1.82, 2.24) is 29.5 Å². The number of nitrogens with zero attached hydrogens (tertiary/aromatic N) is 6. The van der Waals surface area contributed by atoms with E-state index in [1.54, 1.807) is 28.0 Å². The van der Waals surface area contributed by atoms with Crippen LogP contribution in [-0.4, -0.2) is 47.8 Å². The van der Waals surface area contributed by atoms with Crippen LogP contribution in [0.4, 0.5) is 0 Å². The molecule has 0 saturated carbocycles. The van der Waals surface area contributed by atoms with Gasteiger partial charge in [0, 0.05) is 94.3 Å². The minimum absolute atomic E-state index is 0.284. The number of aryl methyl sites for hydroxylation is 2. The van der Waals surface area contributed by atoms with Crippen LogP contribution in [0, 0.1) is 0 Å². The molecule has 1 aliphatic rings. The van der Waals surface area contributed by atoms with Crippen molar-refractivity contribution in [1.29, 1.82) is 0 Å². The second kappa shape index (κ2) is 13.0. The highest BCUT2D eigenvalue weighted by Crippen LogP contribution is 2.36. The van der Waals surface area contributed by atoms with E-state index in [4.69, 9.17) is 32.5 Å². The molecule has 0 amide bonds. The smallest absolute Gasteiger partial charge is 0.399 e. The Hall–Kier alpha value is -3.28. The van der Waals surface area contributed by atoms with Gasteiger partial charge in [-0.15, -0.1) is 0 Å². The van der Waals surface area contributed by atoms with Crippen molar-refractivity contribution in [2.45, 2.75) is 38.9 Å². The zero-order valence-corrected chi connectivity index (χ0v) is 28.4. The van der Waals surface area contributed by atoms with Gasteiger partial charge >= 0.3 is 7.12 Å². The maximum atomic E-state index is 6.29. The molecule has 1 aliphatic heterocycles. The standard InChI is InChI=1S/C13H10ClN3.C10H17BN2O2.C9H5BrClN/c1-17-8-11(7-16-17)12-4-10-6-15-3-2-9(10)5-13(12)14;1-9(2)10(3,4)15-11(14-9)8-6-12-13(5)7-8;10-8-3-7-5-12-2-1-6(7)4-9(8)11/h2-8H,1H3;6-7H,1-5H3;1-5H. The van der Waals surface area contributed by atoms with Gasteiger partial charge in [0.15, 0.2) is 0 Å². The largest absolute Gasteiger partial charge is 0.498 e. The van der Waals surface area contributed by atoms with Crippen LogP contribution in [0.25, 0.3) is 32.7 Å². The Morgan fingerprint density at radius 2 is 1.25 bits per heavy atom. The van der Waals surface area contributed by atoms with Crippen LogP contribution in [0.5, 0.6) is 0 Å². The molecule has 0 aliphatic carbocycles. The van der Waals surface area contributed by atoms with Crippen molar-refractivity contribution >= 4 is 73.3 Å². The Balaban J connectivity index is 0.000000133. The second-order valence-corrected chi connectivity index (χ2v) is 13.2. The highest BCUT2D eigenvalue weighted by Gasteiger charge is 2.52. The van der Waals surface area contributed by atoms with Crippen molar-refractivity contribution in [2.24, 2.45) is 14.1 Å². The molecule has 0 bridgehead atoms. The maximum Gasteiger partial charge on any atom is 0.498 e. The van der Waals surface area contributed by atoms with E-state index in [1.165, 1.54) is 0 Å². The van der Waals surface area contributed by atoms with E-state index in [2.05, 4.69) is 36.1 Å². The highest BCUT2D eigenvalue weighted by atomic mass is 79.9. The Morgan fingerprint density at radius 3 is 1.80 bits per heavy atom. The van der Waals surface area contributed by atoms with Crippen molar-refractivity contribution in [3.05, 3.63) is 100 Å². The second-order valence-electron chi connectivity index (χ2n) is 11.5. The van der Waals surface area contributed by atoms with Crippen LogP contribution in [0.1, 0.15) is 27.7 Å². The summed E-state index contributed by atoms with van der Waals surface area (Å²) in [6.07, 6.45) is 14.6. The summed E-state index contributed by atoms with van der Waals surface area (Å²) in [5.41, 5.74) is 2.40. The first-order chi connectivity index (χ1) is 20.8. The molecular formula is C32H32BBrCl2N6O2. The summed E-state index contributed by atoms with van der Waals surface area (Å²) >= 11 is 15.6. The fourth-order valence-electron chi connectivity index (χ4n) is 4.51. The van der Waals surface area contributed by atoms with Gasteiger partial charge in [0.25, 0.3) is 0 Å². The topological polar surface area (TPSA) is 79.9 Å². The van der Waals surface area contributed by atoms with Gasteiger partial charge in [-0.3, -0.25) is 19.3 Å². The minimum Gasteiger partial charge on any atom is -0.399 e. The first kappa shape index (κ1) is 32.1. The molecule has 0 radical (unpaired) electrons. The quantitative estimate of drug-likeness (QED) is 0.173. The van der Waals surface area contributed by atoms with E-state index in [-0.39, 0.29) is 18.3 Å². The van der Waals surface area contributed by atoms with Gasteiger partial charge < -0.3 is 9.31 Å². The van der Waals surface area contributed by atoms with Gasteiger partial charge in [-0.2, -0.15) is 10.2 Å². The average molecular weight is 694 g/mol. The number of fused-ring (bicyclic) bond motifs is 2. The monoisotopic (exact) mass is 692 g/mol. The third-order valence-corrected chi connectivity index (χ3v) is 9.18. The number of rotatable bonds is 2. The fraction of sp³-hybridized carbons (Fsp3) is 0.250. The molecule has 4 aromatic heterocycles. The number of halogens is 3. The molecule has 1 fully saturated rings. The molecule has 2 aromatic carbocycles. The highest BCUT2D eigenvalue weighted by molar-refractivity contribution is 9.10. The van der Waals surface area contributed by atoms with E-state index < -0.39 is 0 Å². The zero-order valence-electron chi connectivity index (χ0n) is 25.3. The van der Waals surface area contributed by atoms with Crippen LogP contribution >= 0.6 is 39.1 Å². The molecule has 226 valence electrons. The molecular weight excluding hydrogens is 662 g/mol. The molecule has 7 rings (SSSR count). The Bertz CT molecular complexity index is 1870. The number of hydrogen-bond donors (Lipinski definition) is 0. The van der Waals surface area contributed by atoms with Crippen LogP contribution in [0.15, 0.2) is 90.4 Å². The molecule has 8 nitrogen and oxygen atoms in total. The number of benzene rings is 2. The first-order valence-corrected chi connectivity index (χ1v) is 15.4. The lowest BCUT2D eigenvalue weighted by Gasteiger charge is -2.32. The lowest BCUT2D eigenvalue weighted by Crippen LogP contribution is -2.41. The molecule has 0 spiro atoms. The van der Waals surface area contributed by atoms with Crippen molar-refractivity contribution in [2.75, 3.05) is 0 Å². The van der Waals surface area contributed by atoms with Gasteiger partial charge in [-0.05, 0) is 90.8 Å². The number of pyridine rings is 2. The van der Waals surface area contributed by atoms with Gasteiger partial charge in [0.1, 0.15) is 0 Å². The van der Waals surface area contributed by atoms with Crippen LogP contribution in [-0.2, 0) is 23.4 Å². The molecule has 12 heteroatoms. The summed E-state index contributed by atoms with van der Waals surface area (Å²) < 4.78 is 16.2. The summed E-state index contributed by atoms with van der Waals surface area (Å²) in [5, 5.41) is 14.1. The summed E-state index contributed by atoms with van der Waals surface area (Å²) in [6.45, 7) is 8.18. The predicted octanol–water partition coefficient (Wildman–Crippen LogP) is 7.66. The molecule has 0 unspecified atom stereocenters. The predicted molar refractivity (Wildman–Crippen MR) is 182 cm³/mol. The summed E-state index contributed by atoms with van der Waals surface area (Å²) in [6, 6.07) is 11.8. The lowest BCUT2D eigenvalue weighted by molar-refractivity contribution is 0.00578. The maximum absolute atomic E-state index is 6.29. The Kier molecular flexibility index (Phi) is 9.48. The molecule has 1 saturated heterocycles. The fourth-order valence-corrected chi connectivity index (χ4v) is 5.33. The van der Waals surface area contributed by atoms with Crippen LogP contribution < -0.4 is 5.46 Å². The Morgan fingerprint density at radius 1 is 0.705 bits per heavy atom. The third-order valence-electron chi connectivity index (χ3n) is 7.67. The van der Waals surface area contributed by atoms with E-state index in [9.17, 15) is 0 Å². The van der Waals surface area contributed by atoms with Crippen molar-refractivity contribution in [3.8, 4) is 11.1 Å². The normalized spacial score (nSPS) is 15.1. The minimum atomic E-state index is -0.302. The molecule has 5 heterocycles. The Labute approximate surface area is 275 Å². The van der Waals surface area contributed by atoms with Crippen molar-refractivity contribution in [3.63, 3.8) is 0 Å². The average Bonchev–Trinajstić information content (AvgIpc) is 3.66. The molecule has 0 atom stereocenters. The van der Waals surface area contributed by atoms with Gasteiger partial charge in [-0.25, -0.2) is 0 Å². The SMILES string of the molecule is Clc1cc2ccncc2cc1Br.Cn1cc(-c2cc3cnccc3cc2Cl)cn1.Cn1cc(B2OC(C)(C)C(C)(C)O2)cn1. The zero-order chi connectivity index (χ0) is 31.6. The van der Waals surface area contributed by atoms with Crippen LogP contribution in [0.2, 0.25) is 10.0 Å². The summed E-state index contributed by atoms with van der Waals surface area (Å²) in [7, 11) is 3.47. The molecule has 6 aromatic rings. The van der Waals surface area contributed by atoms with E-state index in [0.717, 1.165) is 52.7 Å². The molecule has 0 N–H and O–H groups in total. The molecule has 44 heavy (non-hydrogen) atoms. The van der Waals surface area contributed by atoms with Crippen LogP contribution in [0.3, 0.4) is 0 Å². The number of aromatic nitrogens is 6. The summed E-state index contributed by atoms with van der Waals surface area (Å²) in [4.78, 5) is 8.14. The van der Waals surface area contributed by atoms with E-state index in [1.807, 2.05) is 109 Å². The first-order valence-electron chi connectivity index (χ1n) is 13.9. The summed E-state index contributed by atoms with van der Waals surface area (Å²) in [5.74, 6) is 0. The van der Waals surface area contributed by atoms with Gasteiger partial charge in [0.2, 0.25) is 0 Å². The number of hydrogen-bond acceptors (Lipinski definition) is 6. The van der Waals surface area contributed by atoms with Gasteiger partial charge in [0.05, 0.1) is 22.4 Å². The van der Waals surface area contributed by atoms with E-state index in [0.29, 0.717) is 0 Å².